The number of carbonyl (C=O) groups is 2. The molecule has 2 heterocycles. The van der Waals surface area contributed by atoms with E-state index in [1.54, 1.807) is 15.6 Å². The second kappa shape index (κ2) is 8.15. The van der Waals surface area contributed by atoms with E-state index in [1.165, 1.54) is 0 Å². The van der Waals surface area contributed by atoms with Crippen molar-refractivity contribution in [3.8, 4) is 16.9 Å². The molecule has 3 aromatic carbocycles. The summed E-state index contributed by atoms with van der Waals surface area (Å²) in [7, 11) is 0. The van der Waals surface area contributed by atoms with Crippen LogP contribution in [0.15, 0.2) is 91.0 Å². The van der Waals surface area contributed by atoms with Crippen molar-refractivity contribution in [3.05, 3.63) is 108 Å². The molecule has 0 spiro atoms. The Hall–Kier alpha value is -4.19. The number of primary amides is 1. The van der Waals surface area contributed by atoms with Gasteiger partial charge in [0.15, 0.2) is 0 Å². The van der Waals surface area contributed by atoms with Gasteiger partial charge in [0.05, 0.1) is 11.4 Å². The number of nitrogens with zero attached hydrogens (tertiary/aromatic N) is 3. The van der Waals surface area contributed by atoms with E-state index in [0.29, 0.717) is 24.4 Å². The minimum atomic E-state index is -0.711. The van der Waals surface area contributed by atoms with Crippen LogP contribution in [0.1, 0.15) is 21.6 Å². The summed E-state index contributed by atoms with van der Waals surface area (Å²) in [6.07, 6.45) is 0.405. The first-order chi connectivity index (χ1) is 15.6. The Labute approximate surface area is 185 Å². The largest absolute Gasteiger partial charge is 0.368 e. The number of hydrogen-bond donors (Lipinski definition) is 1. The summed E-state index contributed by atoms with van der Waals surface area (Å²) in [5.74, 6) is -0.788. The van der Waals surface area contributed by atoms with Crippen molar-refractivity contribution in [1.82, 2.24) is 14.7 Å². The average molecular weight is 422 g/mol. The number of nitrogens with two attached hydrogens (primary N) is 1. The van der Waals surface area contributed by atoms with Crippen molar-refractivity contribution in [2.45, 2.75) is 19.0 Å². The molecule has 1 atom stereocenters. The van der Waals surface area contributed by atoms with Crippen LogP contribution >= 0.6 is 0 Å². The standard InChI is InChI=1S/C26H22N4O2/c27-25(31)23-15-19-11-7-8-12-20(19)17-29(23)26(32)24-16-22(18-9-3-1-4-10-18)28-30(24)21-13-5-2-6-14-21/h1-14,16,23H,15,17H2,(H2,27,31). The molecule has 2 N–H and O–H groups in total. The SMILES string of the molecule is NC(=O)C1Cc2ccccc2CN1C(=O)c1cc(-c2ccccc2)nn1-c1ccccc1. The van der Waals surface area contributed by atoms with Crippen LogP contribution in [0, 0.1) is 0 Å². The zero-order chi connectivity index (χ0) is 22.1. The van der Waals surface area contributed by atoms with Gasteiger partial charge in [-0.3, -0.25) is 9.59 Å². The third-order valence-electron chi connectivity index (χ3n) is 5.84. The zero-order valence-corrected chi connectivity index (χ0v) is 17.4. The van der Waals surface area contributed by atoms with E-state index in [4.69, 9.17) is 10.8 Å². The van der Waals surface area contributed by atoms with Crippen LogP contribution in [0.4, 0.5) is 0 Å². The second-order valence-electron chi connectivity index (χ2n) is 7.85. The van der Waals surface area contributed by atoms with Crippen molar-refractivity contribution >= 4 is 11.8 Å². The van der Waals surface area contributed by atoms with E-state index in [2.05, 4.69) is 0 Å². The highest BCUT2D eigenvalue weighted by Gasteiger charge is 2.35. The van der Waals surface area contributed by atoms with Gasteiger partial charge in [-0.05, 0) is 29.3 Å². The van der Waals surface area contributed by atoms with Gasteiger partial charge in [-0.25, -0.2) is 4.68 Å². The summed E-state index contributed by atoms with van der Waals surface area (Å²) in [5.41, 5.74) is 10.5. The van der Waals surface area contributed by atoms with Crippen molar-refractivity contribution in [2.75, 3.05) is 0 Å². The highest BCUT2D eigenvalue weighted by Crippen LogP contribution is 2.28. The lowest BCUT2D eigenvalue weighted by Crippen LogP contribution is -2.51. The summed E-state index contributed by atoms with van der Waals surface area (Å²) in [4.78, 5) is 27.7. The van der Waals surface area contributed by atoms with Gasteiger partial charge in [-0.2, -0.15) is 5.10 Å². The molecular weight excluding hydrogens is 400 g/mol. The quantitative estimate of drug-likeness (QED) is 0.546. The molecule has 0 aliphatic carbocycles. The van der Waals surface area contributed by atoms with Crippen molar-refractivity contribution in [1.29, 1.82) is 0 Å². The fraction of sp³-hybridized carbons (Fsp3) is 0.115. The summed E-state index contributed by atoms with van der Waals surface area (Å²) in [5, 5.41) is 4.73. The average Bonchev–Trinajstić information content (AvgIpc) is 3.29. The molecule has 1 aromatic heterocycles. The van der Waals surface area contributed by atoms with E-state index < -0.39 is 11.9 Å². The van der Waals surface area contributed by atoms with Gasteiger partial charge in [-0.1, -0.05) is 72.8 Å². The lowest BCUT2D eigenvalue weighted by atomic mass is 9.93. The lowest BCUT2D eigenvalue weighted by molar-refractivity contribution is -0.122. The summed E-state index contributed by atoms with van der Waals surface area (Å²) < 4.78 is 1.64. The van der Waals surface area contributed by atoms with E-state index >= 15 is 0 Å². The maximum absolute atomic E-state index is 13.8. The Kier molecular flexibility index (Phi) is 5.03. The predicted octanol–water partition coefficient (Wildman–Crippen LogP) is 3.59. The van der Waals surface area contributed by atoms with Gasteiger partial charge >= 0.3 is 0 Å². The zero-order valence-electron chi connectivity index (χ0n) is 17.4. The molecule has 2 amide bonds. The van der Waals surface area contributed by atoms with Crippen LogP contribution in [-0.4, -0.2) is 32.5 Å². The molecule has 158 valence electrons. The molecule has 32 heavy (non-hydrogen) atoms. The van der Waals surface area contributed by atoms with Gasteiger partial charge in [0.25, 0.3) is 5.91 Å². The van der Waals surface area contributed by atoms with E-state index in [0.717, 1.165) is 22.4 Å². The smallest absolute Gasteiger partial charge is 0.273 e. The summed E-state index contributed by atoms with van der Waals surface area (Å²) in [6, 6.07) is 28.1. The van der Waals surface area contributed by atoms with Gasteiger partial charge in [0.2, 0.25) is 5.91 Å². The van der Waals surface area contributed by atoms with E-state index in [1.807, 2.05) is 84.9 Å². The van der Waals surface area contributed by atoms with Crippen molar-refractivity contribution < 1.29 is 9.59 Å². The molecule has 4 aromatic rings. The molecule has 0 saturated carbocycles. The molecule has 5 rings (SSSR count). The van der Waals surface area contributed by atoms with Crippen LogP contribution < -0.4 is 5.73 Å². The fourth-order valence-electron chi connectivity index (χ4n) is 4.19. The van der Waals surface area contributed by atoms with Gasteiger partial charge in [-0.15, -0.1) is 0 Å². The normalized spacial score (nSPS) is 15.2. The Bertz CT molecular complexity index is 1280. The monoisotopic (exact) mass is 422 g/mol. The van der Waals surface area contributed by atoms with Crippen molar-refractivity contribution in [3.63, 3.8) is 0 Å². The van der Waals surface area contributed by atoms with Crippen LogP contribution in [0.3, 0.4) is 0 Å². The second-order valence-corrected chi connectivity index (χ2v) is 7.85. The minimum absolute atomic E-state index is 0.276. The highest BCUT2D eigenvalue weighted by molar-refractivity contribution is 5.97. The van der Waals surface area contributed by atoms with Gasteiger partial charge < -0.3 is 10.6 Å². The maximum atomic E-state index is 13.8. The Morgan fingerprint density at radius 1 is 0.844 bits per heavy atom. The van der Waals surface area contributed by atoms with Gasteiger partial charge in [0, 0.05) is 18.5 Å². The molecule has 0 radical (unpaired) electrons. The number of hydrogen-bond acceptors (Lipinski definition) is 3. The summed E-state index contributed by atoms with van der Waals surface area (Å²) in [6.45, 7) is 0.323. The first-order valence-corrected chi connectivity index (χ1v) is 10.5. The number of carbonyl (C=O) groups excluding carboxylic acids is 2. The number of fused-ring (bicyclic) bond motifs is 1. The number of para-hydroxylation sites is 1. The molecule has 6 heteroatoms. The van der Waals surface area contributed by atoms with Gasteiger partial charge in [0.1, 0.15) is 11.7 Å². The maximum Gasteiger partial charge on any atom is 0.273 e. The van der Waals surface area contributed by atoms with E-state index in [-0.39, 0.29) is 5.91 Å². The van der Waals surface area contributed by atoms with Crippen LogP contribution in [-0.2, 0) is 17.8 Å². The van der Waals surface area contributed by atoms with E-state index in [9.17, 15) is 9.59 Å². The first kappa shape index (κ1) is 19.8. The van der Waals surface area contributed by atoms with Crippen LogP contribution in [0.25, 0.3) is 16.9 Å². The lowest BCUT2D eigenvalue weighted by Gasteiger charge is -2.35. The Balaban J connectivity index is 1.61. The third kappa shape index (κ3) is 3.56. The summed E-state index contributed by atoms with van der Waals surface area (Å²) >= 11 is 0. The number of rotatable bonds is 4. The number of amides is 2. The molecule has 1 aliphatic heterocycles. The Morgan fingerprint density at radius 2 is 1.47 bits per heavy atom. The number of aromatic nitrogens is 2. The Morgan fingerprint density at radius 3 is 2.16 bits per heavy atom. The topological polar surface area (TPSA) is 81.2 Å². The highest BCUT2D eigenvalue weighted by atomic mass is 16.2. The molecular formula is C26H22N4O2. The van der Waals surface area contributed by atoms with Crippen LogP contribution in [0.2, 0.25) is 0 Å². The predicted molar refractivity (Wildman–Crippen MR) is 122 cm³/mol. The fourth-order valence-corrected chi connectivity index (χ4v) is 4.19. The molecule has 0 saturated heterocycles. The third-order valence-corrected chi connectivity index (χ3v) is 5.84. The molecule has 6 nitrogen and oxygen atoms in total. The minimum Gasteiger partial charge on any atom is -0.368 e. The molecule has 1 unspecified atom stereocenters. The molecule has 1 aliphatic rings. The molecule has 0 fully saturated rings. The van der Waals surface area contributed by atoms with Crippen molar-refractivity contribution in [2.24, 2.45) is 5.73 Å². The number of benzene rings is 3. The first-order valence-electron chi connectivity index (χ1n) is 10.5. The van der Waals surface area contributed by atoms with Crippen LogP contribution in [0.5, 0.6) is 0 Å². The molecule has 0 bridgehead atoms.